The first-order chi connectivity index (χ1) is 12.5. The zero-order valence-corrected chi connectivity index (χ0v) is 18.5. The molecule has 1 aliphatic heterocycles. The van der Waals surface area contributed by atoms with Gasteiger partial charge >= 0.3 is 11.7 Å². The highest BCUT2D eigenvalue weighted by molar-refractivity contribution is 6.74. The molecular formula is C21H31NO4Si. The van der Waals surface area contributed by atoms with E-state index < -0.39 is 20.0 Å². The molecule has 0 fully saturated rings. The Bertz CT molecular complexity index is 734. The molecule has 1 unspecified atom stereocenters. The Balaban J connectivity index is 2.21. The number of rotatable bonds is 6. The van der Waals surface area contributed by atoms with Gasteiger partial charge in [-0.1, -0.05) is 51.1 Å². The topological polar surface area (TPSA) is 57.1 Å². The molecule has 0 N–H and O–H groups in total. The fraction of sp³-hybridized carbons (Fsp3) is 0.524. The lowest BCUT2D eigenvalue weighted by molar-refractivity contribution is -0.166. The smallest absolute Gasteiger partial charge is 0.379 e. The van der Waals surface area contributed by atoms with Gasteiger partial charge in [0, 0.05) is 24.3 Å². The Morgan fingerprint density at radius 2 is 1.85 bits per heavy atom. The summed E-state index contributed by atoms with van der Waals surface area (Å²) in [6, 6.07) is 9.24. The van der Waals surface area contributed by atoms with E-state index in [1.54, 1.807) is 0 Å². The number of carbonyl (C=O) groups excluding carboxylic acids is 1. The lowest BCUT2D eigenvalue weighted by atomic mass is 10.0. The second-order valence-corrected chi connectivity index (χ2v) is 13.1. The zero-order chi connectivity index (χ0) is 20.3. The molecule has 6 heteroatoms. The molecule has 1 heterocycles. The van der Waals surface area contributed by atoms with E-state index in [0.717, 1.165) is 5.71 Å². The van der Waals surface area contributed by atoms with Crippen LogP contribution in [0.4, 0.5) is 0 Å². The Labute approximate surface area is 163 Å². The van der Waals surface area contributed by atoms with Crippen molar-refractivity contribution in [1.82, 2.24) is 0 Å². The first-order valence-electron chi connectivity index (χ1n) is 9.26. The maximum Gasteiger partial charge on any atom is 0.379 e. The number of esters is 1. The lowest BCUT2D eigenvalue weighted by Gasteiger charge is -2.37. The van der Waals surface area contributed by atoms with Crippen LogP contribution in [0.25, 0.3) is 0 Å². The molecule has 1 aromatic carbocycles. The van der Waals surface area contributed by atoms with Crippen molar-refractivity contribution in [3.63, 3.8) is 0 Å². The molecule has 0 aliphatic carbocycles. The zero-order valence-electron chi connectivity index (χ0n) is 17.5. The molecule has 5 nitrogen and oxygen atoms in total. The van der Waals surface area contributed by atoms with Crippen LogP contribution in [0.5, 0.6) is 0 Å². The number of methoxy groups -OCH3 is 1. The number of hydrogen-bond acceptors (Lipinski definition) is 5. The van der Waals surface area contributed by atoms with Gasteiger partial charge in [0.15, 0.2) is 8.32 Å². The van der Waals surface area contributed by atoms with E-state index in [-0.39, 0.29) is 5.04 Å². The molecule has 0 aromatic heterocycles. The summed E-state index contributed by atoms with van der Waals surface area (Å²) < 4.78 is 17.4. The first-order valence-corrected chi connectivity index (χ1v) is 12.2. The second kappa shape index (κ2) is 7.98. The third-order valence-corrected chi connectivity index (χ3v) is 9.77. The second-order valence-electron chi connectivity index (χ2n) is 8.33. The average Bonchev–Trinajstić information content (AvgIpc) is 2.60. The maximum absolute atomic E-state index is 12.6. The van der Waals surface area contributed by atoms with Crippen molar-refractivity contribution in [2.45, 2.75) is 58.0 Å². The minimum absolute atomic E-state index is 0.145. The molecule has 0 bridgehead atoms. The summed E-state index contributed by atoms with van der Waals surface area (Å²) in [5.41, 5.74) is -0.133. The highest BCUT2D eigenvalue weighted by Gasteiger charge is 2.46. The van der Waals surface area contributed by atoms with E-state index in [4.69, 9.17) is 13.9 Å². The van der Waals surface area contributed by atoms with Gasteiger partial charge in [0.1, 0.15) is 5.76 Å². The minimum atomic E-state index is -1.84. The van der Waals surface area contributed by atoms with Gasteiger partial charge < -0.3 is 13.9 Å². The van der Waals surface area contributed by atoms with E-state index in [9.17, 15) is 4.79 Å². The third kappa shape index (κ3) is 4.68. The summed E-state index contributed by atoms with van der Waals surface area (Å²) in [6.45, 7) is 13.5. The number of benzene rings is 1. The predicted octanol–water partition coefficient (Wildman–Crippen LogP) is 4.80. The van der Waals surface area contributed by atoms with Crippen LogP contribution >= 0.6 is 0 Å². The summed E-state index contributed by atoms with van der Waals surface area (Å²) in [5.74, 6) is 0.138. The van der Waals surface area contributed by atoms with Crippen molar-refractivity contribution in [2.24, 2.45) is 4.99 Å². The summed E-state index contributed by atoms with van der Waals surface area (Å²) in [5, 5.41) is 0.145. The van der Waals surface area contributed by atoms with Crippen molar-refractivity contribution >= 4 is 20.0 Å². The Morgan fingerprint density at radius 1 is 1.22 bits per heavy atom. The van der Waals surface area contributed by atoms with Gasteiger partial charge in [0.25, 0.3) is 0 Å². The lowest BCUT2D eigenvalue weighted by Crippen LogP contribution is -2.42. The van der Waals surface area contributed by atoms with Crippen molar-refractivity contribution < 1.29 is 18.7 Å². The third-order valence-electron chi connectivity index (χ3n) is 5.23. The molecule has 148 valence electrons. The van der Waals surface area contributed by atoms with Gasteiger partial charge in [0.2, 0.25) is 0 Å². The van der Waals surface area contributed by atoms with Gasteiger partial charge in [-0.3, -0.25) is 0 Å². The van der Waals surface area contributed by atoms with Crippen molar-refractivity contribution in [1.29, 1.82) is 0 Å². The number of allylic oxidation sites excluding steroid dienone is 1. The van der Waals surface area contributed by atoms with Gasteiger partial charge in [-0.25, -0.2) is 9.79 Å². The highest BCUT2D eigenvalue weighted by atomic mass is 28.4. The molecule has 0 spiro atoms. The van der Waals surface area contributed by atoms with Crippen LogP contribution in [-0.4, -0.2) is 33.7 Å². The fourth-order valence-electron chi connectivity index (χ4n) is 2.63. The van der Waals surface area contributed by atoms with Crippen molar-refractivity contribution in [2.75, 3.05) is 13.7 Å². The van der Waals surface area contributed by atoms with E-state index in [2.05, 4.69) is 38.9 Å². The van der Waals surface area contributed by atoms with Crippen molar-refractivity contribution in [3.8, 4) is 0 Å². The molecule has 2 rings (SSSR count). The van der Waals surface area contributed by atoms with Crippen LogP contribution in [0.15, 0.2) is 47.2 Å². The van der Waals surface area contributed by atoms with Crippen LogP contribution in [-0.2, 0) is 24.4 Å². The van der Waals surface area contributed by atoms with E-state index in [0.29, 0.717) is 24.4 Å². The van der Waals surface area contributed by atoms with Crippen molar-refractivity contribution in [3.05, 3.63) is 47.7 Å². The van der Waals surface area contributed by atoms with Crippen LogP contribution < -0.4 is 0 Å². The standard InChI is InChI=1S/C21H31NO4Si/c1-16-15-18(13-14-25-27(6,7)20(2,3)4)26-21(22-16,19(23)24-5)17-11-9-8-10-12-17/h8-12,15H,13-14H2,1-7H3. The van der Waals surface area contributed by atoms with Crippen LogP contribution in [0, 0.1) is 0 Å². The molecular weight excluding hydrogens is 358 g/mol. The Kier molecular flexibility index (Phi) is 6.32. The molecule has 1 aromatic rings. The van der Waals surface area contributed by atoms with Gasteiger partial charge in [-0.15, -0.1) is 0 Å². The molecule has 0 saturated heterocycles. The molecule has 1 aliphatic rings. The number of aliphatic imine (C=N–C) groups is 1. The van der Waals surface area contributed by atoms with Gasteiger partial charge in [-0.05, 0) is 31.1 Å². The van der Waals surface area contributed by atoms with E-state index in [1.807, 2.05) is 43.3 Å². The molecule has 0 radical (unpaired) electrons. The fourth-order valence-corrected chi connectivity index (χ4v) is 3.68. The summed E-state index contributed by atoms with van der Waals surface area (Å²) in [7, 11) is -0.492. The number of nitrogens with zero attached hydrogens (tertiary/aromatic N) is 1. The van der Waals surface area contributed by atoms with Crippen LogP contribution in [0.3, 0.4) is 0 Å². The van der Waals surface area contributed by atoms with Crippen LogP contribution in [0.1, 0.15) is 39.7 Å². The number of ether oxygens (including phenoxy) is 2. The minimum Gasteiger partial charge on any atom is -0.464 e. The van der Waals surface area contributed by atoms with E-state index in [1.165, 1.54) is 7.11 Å². The summed E-state index contributed by atoms with van der Waals surface area (Å²) in [4.78, 5) is 17.2. The van der Waals surface area contributed by atoms with Gasteiger partial charge in [0.05, 0.1) is 7.11 Å². The molecule has 27 heavy (non-hydrogen) atoms. The summed E-state index contributed by atoms with van der Waals surface area (Å²) >= 11 is 0. The first kappa shape index (κ1) is 21.4. The molecule has 1 atom stereocenters. The quantitative estimate of drug-likeness (QED) is 0.518. The SMILES string of the molecule is COC(=O)C1(c2ccccc2)N=C(C)C=C(CCO[Si](C)(C)C(C)(C)C)O1. The van der Waals surface area contributed by atoms with Crippen LogP contribution in [0.2, 0.25) is 18.1 Å². The van der Waals surface area contributed by atoms with E-state index >= 15 is 0 Å². The highest BCUT2D eigenvalue weighted by Crippen LogP contribution is 2.38. The summed E-state index contributed by atoms with van der Waals surface area (Å²) in [6.07, 6.45) is 2.43. The normalized spacial score (nSPS) is 20.4. The Morgan fingerprint density at radius 3 is 2.41 bits per heavy atom. The average molecular weight is 390 g/mol. The number of carbonyl (C=O) groups is 1. The molecule has 0 saturated carbocycles. The maximum atomic E-state index is 12.6. The predicted molar refractivity (Wildman–Crippen MR) is 110 cm³/mol. The van der Waals surface area contributed by atoms with Gasteiger partial charge in [-0.2, -0.15) is 0 Å². The number of hydrogen-bond donors (Lipinski definition) is 0. The largest absolute Gasteiger partial charge is 0.464 e. The Hall–Kier alpha value is -1.92. The monoisotopic (exact) mass is 389 g/mol. The molecule has 0 amide bonds.